The highest BCUT2D eigenvalue weighted by Crippen LogP contribution is 2.13. The largest absolute Gasteiger partial charge is 0.502 e. The third kappa shape index (κ3) is 0.679. The van der Waals surface area contributed by atoms with Crippen LogP contribution in [0.1, 0.15) is 6.42 Å². The Balaban J connectivity index is 3.06. The monoisotopic (exact) mass is 128 g/mol. The third-order valence-corrected chi connectivity index (χ3v) is 1.07. The highest BCUT2D eigenvalue weighted by Gasteiger charge is 2.29. The van der Waals surface area contributed by atoms with Crippen LogP contribution in [0.2, 0.25) is 0 Å². The Labute approximate surface area is 50.4 Å². The number of allylic oxidation sites excluding steroid dienone is 2. The first-order valence-corrected chi connectivity index (χ1v) is 2.31. The van der Waals surface area contributed by atoms with Gasteiger partial charge in [-0.3, -0.25) is 9.59 Å². The van der Waals surface area contributed by atoms with Crippen LogP contribution in [0.4, 0.5) is 0 Å². The number of hydrogen-bond acceptors (Lipinski definition) is 4. The number of Topliss-reactive ketones (excluding diaryl/α,β-unsaturated/α-hetero) is 2. The van der Waals surface area contributed by atoms with Gasteiger partial charge in [-0.2, -0.15) is 0 Å². The normalized spacial score (nSPS) is 19.6. The molecule has 0 radical (unpaired) electrons. The molecule has 0 bridgehead atoms. The number of rotatable bonds is 0. The van der Waals surface area contributed by atoms with Crippen LogP contribution in [0.15, 0.2) is 11.5 Å². The Morgan fingerprint density at radius 2 is 1.33 bits per heavy atom. The van der Waals surface area contributed by atoms with Gasteiger partial charge in [0, 0.05) is 0 Å². The fourth-order valence-corrected chi connectivity index (χ4v) is 0.577. The molecule has 0 saturated carbocycles. The van der Waals surface area contributed by atoms with Gasteiger partial charge in [0.05, 0.1) is 6.42 Å². The van der Waals surface area contributed by atoms with Gasteiger partial charge in [0.2, 0.25) is 23.1 Å². The maximum atomic E-state index is 10.3. The smallest absolute Gasteiger partial charge is 0.209 e. The first-order valence-electron chi connectivity index (χ1n) is 2.31. The van der Waals surface area contributed by atoms with Crippen molar-refractivity contribution in [3.63, 3.8) is 0 Å². The number of carbonyl (C=O) groups is 2. The van der Waals surface area contributed by atoms with Crippen molar-refractivity contribution in [1.82, 2.24) is 0 Å². The minimum absolute atomic E-state index is 0.405. The second-order valence-corrected chi connectivity index (χ2v) is 1.72. The summed E-state index contributed by atoms with van der Waals surface area (Å²) in [5.74, 6) is -3.03. The zero-order valence-corrected chi connectivity index (χ0v) is 4.42. The van der Waals surface area contributed by atoms with E-state index in [9.17, 15) is 9.59 Å². The van der Waals surface area contributed by atoms with E-state index < -0.39 is 29.5 Å². The predicted octanol–water partition coefficient (Wildman–Crippen LogP) is -0.144. The number of ketones is 2. The van der Waals surface area contributed by atoms with Crippen molar-refractivity contribution in [2.75, 3.05) is 0 Å². The predicted molar refractivity (Wildman–Crippen MR) is 26.9 cm³/mol. The molecular weight excluding hydrogens is 124 g/mol. The van der Waals surface area contributed by atoms with Crippen molar-refractivity contribution in [3.8, 4) is 0 Å². The van der Waals surface area contributed by atoms with E-state index in [-0.39, 0.29) is 0 Å². The molecule has 0 aromatic heterocycles. The molecule has 1 aliphatic carbocycles. The fourth-order valence-electron chi connectivity index (χ4n) is 0.577. The van der Waals surface area contributed by atoms with E-state index in [2.05, 4.69) is 0 Å². The summed E-state index contributed by atoms with van der Waals surface area (Å²) in [6, 6.07) is 0. The highest BCUT2D eigenvalue weighted by atomic mass is 16.3. The van der Waals surface area contributed by atoms with Gasteiger partial charge < -0.3 is 10.2 Å². The molecule has 9 heavy (non-hydrogen) atoms. The van der Waals surface area contributed by atoms with E-state index in [1.54, 1.807) is 0 Å². The third-order valence-electron chi connectivity index (χ3n) is 1.07. The maximum absolute atomic E-state index is 10.3. The molecule has 2 N–H and O–H groups in total. The SMILES string of the molecule is O=C1CC(=O)C(O)=C1O. The Morgan fingerprint density at radius 1 is 1.00 bits per heavy atom. The summed E-state index contributed by atoms with van der Waals surface area (Å²) in [6.45, 7) is 0. The van der Waals surface area contributed by atoms with E-state index in [1.807, 2.05) is 0 Å². The van der Waals surface area contributed by atoms with Gasteiger partial charge in [-0.15, -0.1) is 0 Å². The maximum Gasteiger partial charge on any atom is 0.209 e. The number of aliphatic hydroxyl groups is 2. The molecule has 0 amide bonds. The van der Waals surface area contributed by atoms with Crippen molar-refractivity contribution in [2.45, 2.75) is 6.42 Å². The van der Waals surface area contributed by atoms with Crippen molar-refractivity contribution < 1.29 is 19.8 Å². The lowest BCUT2D eigenvalue weighted by atomic mass is 10.3. The van der Waals surface area contributed by atoms with Crippen molar-refractivity contribution >= 4 is 11.6 Å². The van der Waals surface area contributed by atoms with Gasteiger partial charge in [0.15, 0.2) is 0 Å². The average Bonchev–Trinajstić information content (AvgIpc) is 1.98. The lowest BCUT2D eigenvalue weighted by Crippen LogP contribution is -1.96. The molecule has 0 unspecified atom stereocenters. The van der Waals surface area contributed by atoms with E-state index in [4.69, 9.17) is 10.2 Å². The summed E-state index contributed by atoms with van der Waals surface area (Å²) in [6.07, 6.45) is -0.405. The van der Waals surface area contributed by atoms with Crippen LogP contribution < -0.4 is 0 Å². The Kier molecular flexibility index (Phi) is 1.02. The molecule has 1 aliphatic rings. The first kappa shape index (κ1) is 5.81. The van der Waals surface area contributed by atoms with Crippen molar-refractivity contribution in [3.05, 3.63) is 11.5 Å². The second-order valence-electron chi connectivity index (χ2n) is 1.72. The summed E-state index contributed by atoms with van der Waals surface area (Å²) in [7, 11) is 0. The van der Waals surface area contributed by atoms with Gasteiger partial charge in [0.25, 0.3) is 0 Å². The number of carbonyl (C=O) groups excluding carboxylic acids is 2. The molecule has 0 saturated heterocycles. The molecule has 4 nitrogen and oxygen atoms in total. The molecule has 48 valence electrons. The Hall–Kier alpha value is -1.32. The van der Waals surface area contributed by atoms with Crippen LogP contribution in [0.25, 0.3) is 0 Å². The number of hydrogen-bond donors (Lipinski definition) is 2. The number of aliphatic hydroxyl groups excluding tert-OH is 2. The van der Waals surface area contributed by atoms with E-state index in [0.717, 1.165) is 0 Å². The minimum atomic E-state index is -0.806. The summed E-state index contributed by atoms with van der Waals surface area (Å²) < 4.78 is 0. The van der Waals surface area contributed by atoms with Crippen molar-refractivity contribution in [2.24, 2.45) is 0 Å². The molecule has 0 fully saturated rings. The van der Waals surface area contributed by atoms with E-state index in [0.29, 0.717) is 0 Å². The fraction of sp³-hybridized carbons (Fsp3) is 0.200. The Bertz CT molecular complexity index is 191. The summed E-state index contributed by atoms with van der Waals surface area (Å²) in [5.41, 5.74) is 0. The van der Waals surface area contributed by atoms with Crippen LogP contribution in [0.5, 0.6) is 0 Å². The highest BCUT2D eigenvalue weighted by molar-refractivity contribution is 6.19. The summed E-state index contributed by atoms with van der Waals surface area (Å²) in [4.78, 5) is 20.6. The minimum Gasteiger partial charge on any atom is -0.502 e. The van der Waals surface area contributed by atoms with Crippen LogP contribution in [-0.4, -0.2) is 21.8 Å². The lowest BCUT2D eigenvalue weighted by molar-refractivity contribution is -0.122. The van der Waals surface area contributed by atoms with Crippen LogP contribution in [-0.2, 0) is 9.59 Å². The molecule has 0 spiro atoms. The van der Waals surface area contributed by atoms with E-state index >= 15 is 0 Å². The summed E-state index contributed by atoms with van der Waals surface area (Å²) in [5, 5.41) is 17.0. The van der Waals surface area contributed by atoms with Gasteiger partial charge in [-0.25, -0.2) is 0 Å². The zero-order valence-electron chi connectivity index (χ0n) is 4.42. The van der Waals surface area contributed by atoms with Gasteiger partial charge in [-0.05, 0) is 0 Å². The van der Waals surface area contributed by atoms with E-state index in [1.165, 1.54) is 0 Å². The van der Waals surface area contributed by atoms with Gasteiger partial charge in [-0.1, -0.05) is 0 Å². The first-order chi connectivity index (χ1) is 4.13. The summed E-state index contributed by atoms with van der Waals surface area (Å²) >= 11 is 0. The standard InChI is InChI=1S/C5H4O4/c6-2-1-3(7)5(9)4(2)8/h8-9H,1H2. The second kappa shape index (κ2) is 1.58. The Morgan fingerprint density at radius 3 is 1.44 bits per heavy atom. The average molecular weight is 128 g/mol. The lowest BCUT2D eigenvalue weighted by Gasteiger charge is -1.83. The zero-order chi connectivity index (χ0) is 7.02. The van der Waals surface area contributed by atoms with Crippen molar-refractivity contribution in [1.29, 1.82) is 0 Å². The van der Waals surface area contributed by atoms with Crippen LogP contribution in [0, 0.1) is 0 Å². The van der Waals surface area contributed by atoms with Crippen LogP contribution in [0.3, 0.4) is 0 Å². The van der Waals surface area contributed by atoms with Gasteiger partial charge >= 0.3 is 0 Å². The van der Waals surface area contributed by atoms with Crippen LogP contribution >= 0.6 is 0 Å². The van der Waals surface area contributed by atoms with Gasteiger partial charge in [0.1, 0.15) is 0 Å². The molecule has 0 atom stereocenters. The molecule has 1 rings (SSSR count). The molecule has 0 heterocycles. The molecule has 4 heteroatoms. The molecule has 0 aromatic rings. The topological polar surface area (TPSA) is 74.6 Å². The molecule has 0 aromatic carbocycles. The molecular formula is C5H4O4. The molecule has 0 aliphatic heterocycles. The quantitative estimate of drug-likeness (QED) is 0.445.